The van der Waals surface area contributed by atoms with Crippen LogP contribution in [0.25, 0.3) is 0 Å². The van der Waals surface area contributed by atoms with Crippen LogP contribution >= 0.6 is 11.6 Å². The van der Waals surface area contributed by atoms with E-state index in [1.54, 1.807) is 24.3 Å². The van der Waals surface area contributed by atoms with Gasteiger partial charge >= 0.3 is 0 Å². The molecule has 0 spiro atoms. The zero-order valence-electron chi connectivity index (χ0n) is 17.9. The van der Waals surface area contributed by atoms with Crippen molar-refractivity contribution in [2.45, 2.75) is 51.9 Å². The lowest BCUT2D eigenvalue weighted by Gasteiger charge is -2.20. The first kappa shape index (κ1) is 24.0. The van der Waals surface area contributed by atoms with Crippen LogP contribution in [0.15, 0.2) is 29.3 Å². The summed E-state index contributed by atoms with van der Waals surface area (Å²) in [7, 11) is 0. The lowest BCUT2D eigenvalue weighted by Crippen LogP contribution is -2.38. The van der Waals surface area contributed by atoms with Gasteiger partial charge < -0.3 is 20.9 Å². The molecule has 30 heavy (non-hydrogen) atoms. The summed E-state index contributed by atoms with van der Waals surface area (Å²) in [6.07, 6.45) is 5.92. The molecule has 1 aromatic carbocycles. The van der Waals surface area contributed by atoms with Crippen molar-refractivity contribution in [3.63, 3.8) is 0 Å². The topological polar surface area (TPSA) is 85.8 Å². The fourth-order valence-electron chi connectivity index (χ4n) is 3.28. The summed E-state index contributed by atoms with van der Waals surface area (Å²) >= 11 is 5.85. The molecule has 0 bridgehead atoms. The Morgan fingerprint density at radius 1 is 1.13 bits per heavy atom. The predicted octanol–water partition coefficient (Wildman–Crippen LogP) is 3.41. The fourth-order valence-corrected chi connectivity index (χ4v) is 3.41. The molecule has 8 heteroatoms. The van der Waals surface area contributed by atoms with Crippen molar-refractivity contribution in [3.05, 3.63) is 29.3 Å². The highest BCUT2D eigenvalue weighted by Crippen LogP contribution is 2.14. The Bertz CT molecular complexity index is 693. The van der Waals surface area contributed by atoms with Crippen LogP contribution in [0.4, 0.5) is 5.69 Å². The second-order valence-electron chi connectivity index (χ2n) is 7.39. The van der Waals surface area contributed by atoms with Gasteiger partial charge in [0.25, 0.3) is 0 Å². The smallest absolute Gasteiger partial charge is 0.224 e. The van der Waals surface area contributed by atoms with Gasteiger partial charge in [-0.15, -0.1) is 0 Å². The normalized spacial score (nSPS) is 14.9. The lowest BCUT2D eigenvalue weighted by atomic mass is 10.2. The molecular weight excluding hydrogens is 402 g/mol. The Morgan fingerprint density at radius 3 is 2.70 bits per heavy atom. The Labute approximate surface area is 184 Å². The number of aliphatic imine (C=N–C) groups is 1. The number of carbonyl (C=O) groups is 2. The summed E-state index contributed by atoms with van der Waals surface area (Å²) in [4.78, 5) is 30.6. The Morgan fingerprint density at radius 2 is 1.93 bits per heavy atom. The van der Waals surface area contributed by atoms with Crippen molar-refractivity contribution in [1.29, 1.82) is 0 Å². The molecule has 7 nitrogen and oxygen atoms in total. The van der Waals surface area contributed by atoms with E-state index < -0.39 is 0 Å². The third-order valence-corrected chi connectivity index (χ3v) is 5.12. The van der Waals surface area contributed by atoms with Crippen molar-refractivity contribution in [2.24, 2.45) is 4.99 Å². The predicted molar refractivity (Wildman–Crippen MR) is 123 cm³/mol. The molecule has 0 aromatic heterocycles. The summed E-state index contributed by atoms with van der Waals surface area (Å²) in [6.45, 7) is 5.76. The average Bonchev–Trinajstić information content (AvgIpc) is 2.94. The highest BCUT2D eigenvalue weighted by molar-refractivity contribution is 6.30. The molecule has 2 rings (SSSR count). The van der Waals surface area contributed by atoms with Gasteiger partial charge in [0.1, 0.15) is 0 Å². The molecular formula is C22H34ClN5O2. The van der Waals surface area contributed by atoms with Crippen molar-refractivity contribution < 1.29 is 9.59 Å². The first-order valence-electron chi connectivity index (χ1n) is 10.9. The van der Waals surface area contributed by atoms with Crippen molar-refractivity contribution >= 4 is 35.1 Å². The summed E-state index contributed by atoms with van der Waals surface area (Å²) in [5.41, 5.74) is 0.746. The summed E-state index contributed by atoms with van der Waals surface area (Å²) in [5, 5.41) is 9.99. The SMILES string of the molecule is CCNC(=NCCCN1CCCCCC1=O)NCCCC(=O)Nc1ccc(Cl)cc1. The van der Waals surface area contributed by atoms with Crippen LogP contribution in [0.3, 0.4) is 0 Å². The van der Waals surface area contributed by atoms with Gasteiger partial charge in [-0.2, -0.15) is 0 Å². The summed E-state index contributed by atoms with van der Waals surface area (Å²) in [5.74, 6) is 0.999. The van der Waals surface area contributed by atoms with E-state index in [9.17, 15) is 9.59 Å². The number of halogens is 1. The number of hydrogen-bond acceptors (Lipinski definition) is 3. The number of likely N-dealkylation sites (tertiary alicyclic amines) is 1. The molecule has 1 fully saturated rings. The first-order valence-corrected chi connectivity index (χ1v) is 11.3. The van der Waals surface area contributed by atoms with Crippen LogP contribution in [0.2, 0.25) is 5.02 Å². The monoisotopic (exact) mass is 435 g/mol. The number of benzene rings is 1. The number of nitrogens with zero attached hydrogens (tertiary/aromatic N) is 2. The number of carbonyl (C=O) groups excluding carboxylic acids is 2. The van der Waals surface area contributed by atoms with Gasteiger partial charge in [0.05, 0.1) is 0 Å². The van der Waals surface area contributed by atoms with E-state index in [0.29, 0.717) is 37.4 Å². The molecule has 1 aliphatic rings. The molecule has 3 N–H and O–H groups in total. The molecule has 0 saturated carbocycles. The van der Waals surface area contributed by atoms with Crippen molar-refractivity contribution in [2.75, 3.05) is 38.0 Å². The molecule has 0 atom stereocenters. The maximum atomic E-state index is 12.0. The molecule has 1 heterocycles. The minimum atomic E-state index is -0.0248. The van der Waals surface area contributed by atoms with Gasteiger partial charge in [-0.1, -0.05) is 18.0 Å². The van der Waals surface area contributed by atoms with Gasteiger partial charge in [0.2, 0.25) is 11.8 Å². The van der Waals surface area contributed by atoms with Crippen LogP contribution in [-0.2, 0) is 9.59 Å². The van der Waals surface area contributed by atoms with E-state index in [0.717, 1.165) is 57.0 Å². The van der Waals surface area contributed by atoms with Gasteiger partial charge in [-0.05, 0) is 56.9 Å². The quantitative estimate of drug-likeness (QED) is 0.298. The van der Waals surface area contributed by atoms with Gasteiger partial charge in [0, 0.05) is 56.3 Å². The highest BCUT2D eigenvalue weighted by Gasteiger charge is 2.15. The zero-order valence-corrected chi connectivity index (χ0v) is 18.6. The molecule has 0 aliphatic carbocycles. The van der Waals surface area contributed by atoms with E-state index in [1.807, 2.05) is 11.8 Å². The van der Waals surface area contributed by atoms with E-state index in [2.05, 4.69) is 20.9 Å². The minimum Gasteiger partial charge on any atom is -0.357 e. The highest BCUT2D eigenvalue weighted by atomic mass is 35.5. The molecule has 2 amide bonds. The number of anilines is 1. The number of guanidine groups is 1. The van der Waals surface area contributed by atoms with Gasteiger partial charge in [-0.25, -0.2) is 0 Å². The van der Waals surface area contributed by atoms with Gasteiger partial charge in [-0.3, -0.25) is 14.6 Å². The van der Waals surface area contributed by atoms with E-state index in [4.69, 9.17) is 11.6 Å². The van der Waals surface area contributed by atoms with Crippen LogP contribution in [0.5, 0.6) is 0 Å². The number of hydrogen-bond donors (Lipinski definition) is 3. The Hall–Kier alpha value is -2.28. The van der Waals surface area contributed by atoms with Crippen molar-refractivity contribution in [3.8, 4) is 0 Å². The molecule has 166 valence electrons. The molecule has 1 aromatic rings. The third kappa shape index (κ3) is 9.48. The summed E-state index contributed by atoms with van der Waals surface area (Å²) < 4.78 is 0. The van der Waals surface area contributed by atoms with Crippen LogP contribution in [0.1, 0.15) is 51.9 Å². The Balaban J connectivity index is 1.64. The standard InChI is InChI=1S/C22H34ClN5O2/c1-2-24-22(26-15-7-17-28-16-5-3-4-9-21(28)30)25-14-6-8-20(29)27-19-12-10-18(23)11-13-19/h10-13H,2-9,14-17H2,1H3,(H,27,29)(H2,24,25,26). The van der Waals surface area contributed by atoms with Gasteiger partial charge in [0.15, 0.2) is 5.96 Å². The second-order valence-corrected chi connectivity index (χ2v) is 7.83. The van der Waals surface area contributed by atoms with E-state index in [1.165, 1.54) is 0 Å². The maximum Gasteiger partial charge on any atom is 0.224 e. The molecule has 0 radical (unpaired) electrons. The third-order valence-electron chi connectivity index (χ3n) is 4.87. The fraction of sp³-hybridized carbons (Fsp3) is 0.591. The van der Waals surface area contributed by atoms with Crippen LogP contribution in [-0.4, -0.2) is 55.4 Å². The largest absolute Gasteiger partial charge is 0.357 e. The van der Waals surface area contributed by atoms with Crippen LogP contribution < -0.4 is 16.0 Å². The first-order chi connectivity index (χ1) is 14.6. The molecule has 0 unspecified atom stereocenters. The van der Waals surface area contributed by atoms with E-state index in [-0.39, 0.29) is 11.8 Å². The Kier molecular flexibility index (Phi) is 11.1. The van der Waals surface area contributed by atoms with Crippen molar-refractivity contribution in [1.82, 2.24) is 15.5 Å². The lowest BCUT2D eigenvalue weighted by molar-refractivity contribution is -0.130. The number of amides is 2. The molecule has 1 saturated heterocycles. The number of rotatable bonds is 10. The zero-order chi connectivity index (χ0) is 21.6. The van der Waals surface area contributed by atoms with E-state index >= 15 is 0 Å². The molecule has 1 aliphatic heterocycles. The maximum absolute atomic E-state index is 12.0. The summed E-state index contributed by atoms with van der Waals surface area (Å²) in [6, 6.07) is 7.07. The minimum absolute atomic E-state index is 0.0248. The van der Waals surface area contributed by atoms with Crippen LogP contribution in [0, 0.1) is 0 Å². The average molecular weight is 436 g/mol. The second kappa shape index (κ2) is 13.9. The number of nitrogens with one attached hydrogen (secondary N) is 3.